The van der Waals surface area contributed by atoms with Crippen molar-refractivity contribution in [1.82, 2.24) is 19.9 Å². The van der Waals surface area contributed by atoms with Gasteiger partial charge in [-0.1, -0.05) is 11.6 Å². The summed E-state index contributed by atoms with van der Waals surface area (Å²) >= 11 is 8.84. The minimum atomic E-state index is 0.294. The summed E-state index contributed by atoms with van der Waals surface area (Å²) in [4.78, 5) is 15.9. The molecule has 0 N–H and O–H groups in total. The predicted molar refractivity (Wildman–Crippen MR) is 47.8 cm³/mol. The molecule has 0 aliphatic heterocycles. The second-order valence-corrected chi connectivity index (χ2v) is 3.12. The van der Waals surface area contributed by atoms with E-state index in [1.807, 2.05) is 0 Å². The molecule has 0 radical (unpaired) electrons. The van der Waals surface area contributed by atoms with Crippen LogP contribution < -0.4 is 0 Å². The van der Waals surface area contributed by atoms with E-state index in [2.05, 4.69) is 35.9 Å². The second-order valence-electron chi connectivity index (χ2n) is 2.01. The van der Waals surface area contributed by atoms with E-state index in [0.717, 1.165) is 0 Å². The Morgan fingerprint density at radius 3 is 2.33 bits per heavy atom. The van der Waals surface area contributed by atoms with Crippen LogP contribution >= 0.6 is 27.5 Å². The quantitative estimate of drug-likeness (QED) is 0.710. The smallest absolute Gasteiger partial charge is 0.199 e. The van der Waals surface area contributed by atoms with Gasteiger partial charge in [0.25, 0.3) is 0 Å². The SMILES string of the molecule is Clc1nc2nccnc2nc1Br. The summed E-state index contributed by atoms with van der Waals surface area (Å²) < 4.78 is 0.483. The fourth-order valence-electron chi connectivity index (χ4n) is 0.759. The molecule has 2 aromatic rings. The Hall–Kier alpha value is -0.810. The molecule has 12 heavy (non-hydrogen) atoms. The van der Waals surface area contributed by atoms with Gasteiger partial charge in [0.15, 0.2) is 16.4 Å². The molecule has 0 fully saturated rings. The van der Waals surface area contributed by atoms with E-state index in [-0.39, 0.29) is 0 Å². The van der Waals surface area contributed by atoms with Crippen molar-refractivity contribution in [3.05, 3.63) is 22.1 Å². The summed E-state index contributed by atoms with van der Waals surface area (Å²) in [5, 5.41) is 0.294. The molecule has 0 aromatic carbocycles. The predicted octanol–water partition coefficient (Wildman–Crippen LogP) is 1.84. The molecule has 0 atom stereocenters. The van der Waals surface area contributed by atoms with Crippen molar-refractivity contribution >= 4 is 38.8 Å². The Kier molecular flexibility index (Phi) is 1.90. The molecule has 0 saturated heterocycles. The van der Waals surface area contributed by atoms with Gasteiger partial charge in [0, 0.05) is 12.4 Å². The van der Waals surface area contributed by atoms with Crippen molar-refractivity contribution in [1.29, 1.82) is 0 Å². The molecule has 4 nitrogen and oxygen atoms in total. The van der Waals surface area contributed by atoms with E-state index >= 15 is 0 Å². The van der Waals surface area contributed by atoms with Crippen LogP contribution in [0.3, 0.4) is 0 Å². The summed E-state index contributed by atoms with van der Waals surface area (Å²) in [5.41, 5.74) is 0.930. The summed E-state index contributed by atoms with van der Waals surface area (Å²) in [6, 6.07) is 0. The number of hydrogen-bond acceptors (Lipinski definition) is 4. The van der Waals surface area contributed by atoms with Crippen LogP contribution in [-0.4, -0.2) is 19.9 Å². The molecule has 0 aliphatic rings. The van der Waals surface area contributed by atoms with Gasteiger partial charge in [0.1, 0.15) is 4.60 Å². The Bertz CT molecular complexity index is 392. The fourth-order valence-corrected chi connectivity index (χ4v) is 1.14. The molecule has 2 aromatic heterocycles. The van der Waals surface area contributed by atoms with Gasteiger partial charge in [0.2, 0.25) is 0 Å². The highest BCUT2D eigenvalue weighted by molar-refractivity contribution is 9.10. The lowest BCUT2D eigenvalue weighted by molar-refractivity contribution is 1.14. The maximum atomic E-state index is 5.70. The van der Waals surface area contributed by atoms with Gasteiger partial charge in [0.05, 0.1) is 0 Å². The Morgan fingerprint density at radius 1 is 1.08 bits per heavy atom. The molecule has 0 aliphatic carbocycles. The fraction of sp³-hybridized carbons (Fsp3) is 0. The van der Waals surface area contributed by atoms with Crippen LogP contribution in [0, 0.1) is 0 Å². The molecule has 0 spiro atoms. The second kappa shape index (κ2) is 2.91. The van der Waals surface area contributed by atoms with Crippen LogP contribution in [0.2, 0.25) is 5.15 Å². The van der Waals surface area contributed by atoms with Gasteiger partial charge in [-0.25, -0.2) is 19.9 Å². The van der Waals surface area contributed by atoms with Gasteiger partial charge >= 0.3 is 0 Å². The van der Waals surface area contributed by atoms with Crippen molar-refractivity contribution in [3.8, 4) is 0 Å². The first kappa shape index (κ1) is 7.82. The Balaban J connectivity index is 2.84. The normalized spacial score (nSPS) is 10.5. The topological polar surface area (TPSA) is 51.6 Å². The summed E-state index contributed by atoms with van der Waals surface area (Å²) in [7, 11) is 0. The van der Waals surface area contributed by atoms with E-state index in [4.69, 9.17) is 11.6 Å². The van der Waals surface area contributed by atoms with Crippen LogP contribution in [0.15, 0.2) is 17.0 Å². The lowest BCUT2D eigenvalue weighted by Crippen LogP contribution is -1.91. The maximum absolute atomic E-state index is 5.70. The van der Waals surface area contributed by atoms with Crippen molar-refractivity contribution in [2.24, 2.45) is 0 Å². The summed E-state index contributed by atoms with van der Waals surface area (Å²) in [5.74, 6) is 0. The number of nitrogens with zero attached hydrogens (tertiary/aromatic N) is 4. The lowest BCUT2D eigenvalue weighted by atomic mass is 10.6. The van der Waals surface area contributed by atoms with Crippen molar-refractivity contribution in [2.45, 2.75) is 0 Å². The van der Waals surface area contributed by atoms with Crippen molar-refractivity contribution < 1.29 is 0 Å². The molecule has 0 amide bonds. The van der Waals surface area contributed by atoms with E-state index in [0.29, 0.717) is 21.1 Å². The monoisotopic (exact) mass is 244 g/mol. The number of aromatic nitrogens is 4. The first-order valence-corrected chi connectivity index (χ1v) is 4.24. The largest absolute Gasteiger partial charge is 0.232 e. The van der Waals surface area contributed by atoms with Gasteiger partial charge in [-0.05, 0) is 15.9 Å². The molecular formula is C6H2BrClN4. The van der Waals surface area contributed by atoms with E-state index in [1.165, 1.54) is 0 Å². The highest BCUT2D eigenvalue weighted by atomic mass is 79.9. The molecule has 60 valence electrons. The van der Waals surface area contributed by atoms with Crippen LogP contribution in [0.4, 0.5) is 0 Å². The maximum Gasteiger partial charge on any atom is 0.199 e. The molecule has 0 unspecified atom stereocenters. The zero-order chi connectivity index (χ0) is 8.55. The number of fused-ring (bicyclic) bond motifs is 1. The van der Waals surface area contributed by atoms with Gasteiger partial charge in [-0.3, -0.25) is 0 Å². The number of hydrogen-bond donors (Lipinski definition) is 0. The Morgan fingerprint density at radius 2 is 1.67 bits per heavy atom. The summed E-state index contributed by atoms with van der Waals surface area (Å²) in [6.45, 7) is 0. The van der Waals surface area contributed by atoms with Crippen LogP contribution in [0.25, 0.3) is 11.3 Å². The molecule has 2 rings (SSSR count). The zero-order valence-corrected chi connectivity index (χ0v) is 8.04. The number of halogens is 2. The Labute approximate surface area is 81.2 Å². The van der Waals surface area contributed by atoms with Gasteiger partial charge in [-0.15, -0.1) is 0 Å². The van der Waals surface area contributed by atoms with E-state index < -0.39 is 0 Å². The minimum absolute atomic E-state index is 0.294. The highest BCUT2D eigenvalue weighted by Gasteiger charge is 2.04. The average Bonchev–Trinajstić information content (AvgIpc) is 2.07. The first-order chi connectivity index (χ1) is 5.77. The third kappa shape index (κ3) is 1.25. The van der Waals surface area contributed by atoms with Crippen LogP contribution in [-0.2, 0) is 0 Å². The van der Waals surface area contributed by atoms with Crippen LogP contribution in [0.1, 0.15) is 0 Å². The van der Waals surface area contributed by atoms with Crippen molar-refractivity contribution in [3.63, 3.8) is 0 Å². The molecule has 2 heterocycles. The highest BCUT2D eigenvalue weighted by Crippen LogP contribution is 2.18. The molecule has 0 saturated carbocycles. The molecule has 0 bridgehead atoms. The first-order valence-electron chi connectivity index (χ1n) is 3.07. The third-order valence-corrected chi connectivity index (χ3v) is 2.28. The van der Waals surface area contributed by atoms with Crippen molar-refractivity contribution in [2.75, 3.05) is 0 Å². The van der Waals surface area contributed by atoms with Crippen LogP contribution in [0.5, 0.6) is 0 Å². The minimum Gasteiger partial charge on any atom is -0.232 e. The molecular weight excluding hydrogens is 243 g/mol. The van der Waals surface area contributed by atoms with E-state index in [1.54, 1.807) is 12.4 Å². The van der Waals surface area contributed by atoms with Gasteiger partial charge < -0.3 is 0 Å². The average molecular weight is 245 g/mol. The lowest BCUT2D eigenvalue weighted by Gasteiger charge is -1.95. The standard InChI is InChI=1S/C6H2BrClN4/c7-3-4(8)12-6-5(11-3)9-1-2-10-6/h1-2H. The van der Waals surface area contributed by atoms with Gasteiger partial charge in [-0.2, -0.15) is 0 Å². The zero-order valence-electron chi connectivity index (χ0n) is 5.70. The van der Waals surface area contributed by atoms with E-state index in [9.17, 15) is 0 Å². The summed E-state index contributed by atoms with van der Waals surface area (Å²) in [6.07, 6.45) is 3.10. The molecule has 6 heteroatoms. The number of rotatable bonds is 0. The third-order valence-electron chi connectivity index (χ3n) is 1.24.